The smallest absolute Gasteiger partial charge is 0.266 e. The van der Waals surface area contributed by atoms with Crippen LogP contribution in [0.4, 0.5) is 24.0 Å². The van der Waals surface area contributed by atoms with E-state index in [0.717, 1.165) is 31.3 Å². The van der Waals surface area contributed by atoms with Crippen LogP contribution < -0.4 is 10.0 Å². The lowest BCUT2D eigenvalue weighted by Crippen LogP contribution is -2.29. The second kappa shape index (κ2) is 7.93. The molecule has 2 fully saturated rings. The average Bonchev–Trinajstić information content (AvgIpc) is 3.31. The molecule has 0 saturated carbocycles. The Morgan fingerprint density at radius 3 is 2.86 bits per heavy atom. The van der Waals surface area contributed by atoms with Crippen molar-refractivity contribution in [3.8, 4) is 0 Å². The molecule has 4 rings (SSSR count). The first-order chi connectivity index (χ1) is 13.7. The van der Waals surface area contributed by atoms with Crippen LogP contribution >= 0.6 is 22.9 Å². The molecule has 3 atom stereocenters. The molecule has 2 saturated heterocycles. The first-order valence-corrected chi connectivity index (χ1v) is 11.7. The van der Waals surface area contributed by atoms with Crippen molar-refractivity contribution in [2.24, 2.45) is 5.92 Å². The molecular formula is C17H18ClF3N4O2S2. The number of thiazole rings is 1. The summed E-state index contributed by atoms with van der Waals surface area (Å²) in [7, 11) is -4.32. The molecule has 0 aliphatic carbocycles. The molecule has 1 aromatic heterocycles. The van der Waals surface area contributed by atoms with E-state index in [2.05, 4.69) is 15.2 Å². The fourth-order valence-electron chi connectivity index (χ4n) is 3.97. The van der Waals surface area contributed by atoms with E-state index in [9.17, 15) is 21.6 Å². The Balaban J connectivity index is 1.47. The van der Waals surface area contributed by atoms with Gasteiger partial charge >= 0.3 is 0 Å². The summed E-state index contributed by atoms with van der Waals surface area (Å²) in [4.78, 5) is 5.02. The topological polar surface area (TPSA) is 74.3 Å². The Morgan fingerprint density at radius 1 is 1.34 bits per heavy atom. The van der Waals surface area contributed by atoms with E-state index in [0.29, 0.717) is 30.8 Å². The number of rotatable bonds is 6. The number of hydrogen-bond donors (Lipinski definition) is 2. The van der Waals surface area contributed by atoms with Gasteiger partial charge in [-0.3, -0.25) is 9.62 Å². The van der Waals surface area contributed by atoms with E-state index < -0.39 is 32.0 Å². The summed E-state index contributed by atoms with van der Waals surface area (Å²) < 4.78 is 67.9. The van der Waals surface area contributed by atoms with Gasteiger partial charge in [0.05, 0.1) is 16.9 Å². The monoisotopic (exact) mass is 466 g/mol. The minimum absolute atomic E-state index is 0.0294. The minimum atomic E-state index is -4.32. The summed E-state index contributed by atoms with van der Waals surface area (Å²) in [6, 6.07) is 2.17. The lowest BCUT2D eigenvalue weighted by Gasteiger charge is -2.21. The minimum Gasteiger partial charge on any atom is -0.383 e. The van der Waals surface area contributed by atoms with Gasteiger partial charge in [-0.2, -0.15) is 4.39 Å². The third-order valence-corrected chi connectivity index (χ3v) is 7.79. The van der Waals surface area contributed by atoms with E-state index in [4.69, 9.17) is 11.6 Å². The Bertz CT molecular complexity index is 1020. The highest BCUT2D eigenvalue weighted by atomic mass is 35.5. The quantitative estimate of drug-likeness (QED) is 0.678. The molecule has 2 aliphatic heterocycles. The van der Waals surface area contributed by atoms with E-state index in [-0.39, 0.29) is 27.8 Å². The van der Waals surface area contributed by atoms with Crippen LogP contribution in [0.1, 0.15) is 12.8 Å². The van der Waals surface area contributed by atoms with E-state index in [1.165, 1.54) is 0 Å². The number of fused-ring (bicyclic) bond motifs is 1. The van der Waals surface area contributed by atoms with E-state index in [1.807, 2.05) is 4.72 Å². The van der Waals surface area contributed by atoms with E-state index >= 15 is 0 Å². The van der Waals surface area contributed by atoms with Crippen LogP contribution in [0.3, 0.4) is 0 Å². The van der Waals surface area contributed by atoms with E-state index in [1.54, 1.807) is 0 Å². The molecule has 3 heterocycles. The summed E-state index contributed by atoms with van der Waals surface area (Å²) in [5.41, 5.74) is 0.261. The normalized spacial score (nSPS) is 24.6. The summed E-state index contributed by atoms with van der Waals surface area (Å²) in [6.45, 7) is 1.77. The van der Waals surface area contributed by atoms with Gasteiger partial charge in [-0.1, -0.05) is 22.9 Å². The maximum absolute atomic E-state index is 14.5. The van der Waals surface area contributed by atoms with Gasteiger partial charge in [-0.05, 0) is 37.4 Å². The molecular weight excluding hydrogens is 449 g/mol. The van der Waals surface area contributed by atoms with Crippen LogP contribution in [0.25, 0.3) is 0 Å². The zero-order chi connectivity index (χ0) is 20.8. The van der Waals surface area contributed by atoms with Gasteiger partial charge in [0.15, 0.2) is 10.3 Å². The van der Waals surface area contributed by atoms with Gasteiger partial charge in [0.2, 0.25) is 0 Å². The van der Waals surface area contributed by atoms with Crippen molar-refractivity contribution in [2.45, 2.75) is 30.0 Å². The third kappa shape index (κ3) is 4.32. The van der Waals surface area contributed by atoms with Gasteiger partial charge in [0, 0.05) is 19.1 Å². The molecule has 12 heteroatoms. The Kier molecular flexibility index (Phi) is 5.66. The van der Waals surface area contributed by atoms with Crippen LogP contribution in [0.2, 0.25) is 5.02 Å². The zero-order valence-electron chi connectivity index (χ0n) is 15.0. The highest BCUT2D eigenvalue weighted by Crippen LogP contribution is 2.35. The molecule has 2 aliphatic rings. The standard InChI is InChI=1S/C17H18ClF3N4O2S2/c18-11-4-15(29(26,27)24-17-23-7-16(21)28-17)12(20)5-13(11)22-6-9-1-2-25-8-10(19)3-14(9)25/h4-5,7,9-10,14,22H,1-3,6,8H2,(H,23,24)/t9-,10?,14?/m0/s1. The zero-order valence-corrected chi connectivity index (χ0v) is 17.4. The fraction of sp³-hybridized carbons (Fsp3) is 0.471. The number of alkyl halides is 1. The predicted molar refractivity (Wildman–Crippen MR) is 106 cm³/mol. The van der Waals surface area contributed by atoms with Crippen molar-refractivity contribution in [2.75, 3.05) is 29.7 Å². The number of halogens is 4. The Labute approximate surface area is 175 Å². The lowest BCUT2D eigenvalue weighted by atomic mass is 9.98. The van der Waals surface area contributed by atoms with Crippen molar-refractivity contribution in [1.82, 2.24) is 9.88 Å². The molecule has 2 unspecified atom stereocenters. The van der Waals surface area contributed by atoms with Crippen LogP contribution in [0.15, 0.2) is 23.2 Å². The number of anilines is 2. The number of sulfonamides is 1. The summed E-state index contributed by atoms with van der Waals surface area (Å²) in [6.07, 6.45) is 1.45. The summed E-state index contributed by atoms with van der Waals surface area (Å²) in [5, 5.41) is 2.20. The molecule has 29 heavy (non-hydrogen) atoms. The highest BCUT2D eigenvalue weighted by Gasteiger charge is 2.41. The predicted octanol–water partition coefficient (Wildman–Crippen LogP) is 3.72. The maximum atomic E-state index is 14.5. The molecule has 0 spiro atoms. The molecule has 0 bridgehead atoms. The second-order valence-corrected chi connectivity index (χ2v) is 10.2. The van der Waals surface area contributed by atoms with Crippen molar-refractivity contribution in [3.63, 3.8) is 0 Å². The molecule has 158 valence electrons. The van der Waals surface area contributed by atoms with Gasteiger partial charge in [-0.15, -0.1) is 0 Å². The lowest BCUT2D eigenvalue weighted by molar-refractivity contribution is 0.284. The van der Waals surface area contributed by atoms with Crippen LogP contribution in [0.5, 0.6) is 0 Å². The Hall–Kier alpha value is -1.56. The van der Waals surface area contributed by atoms with Crippen molar-refractivity contribution >= 4 is 43.8 Å². The fourth-order valence-corrected chi connectivity index (χ4v) is 6.14. The molecule has 2 N–H and O–H groups in total. The largest absolute Gasteiger partial charge is 0.383 e. The number of nitrogens with zero attached hydrogens (tertiary/aromatic N) is 2. The molecule has 0 radical (unpaired) electrons. The maximum Gasteiger partial charge on any atom is 0.266 e. The van der Waals surface area contributed by atoms with Gasteiger partial charge in [0.1, 0.15) is 16.9 Å². The summed E-state index contributed by atoms with van der Waals surface area (Å²) in [5.74, 6) is -0.793. The van der Waals surface area contributed by atoms with Crippen LogP contribution in [-0.4, -0.2) is 50.1 Å². The first kappa shape index (κ1) is 20.7. The molecule has 1 aromatic carbocycles. The summed E-state index contributed by atoms with van der Waals surface area (Å²) >= 11 is 6.66. The van der Waals surface area contributed by atoms with Crippen LogP contribution in [0, 0.1) is 16.9 Å². The van der Waals surface area contributed by atoms with Gasteiger partial charge in [-0.25, -0.2) is 22.2 Å². The molecule has 0 amide bonds. The molecule has 2 aromatic rings. The third-order valence-electron chi connectivity index (χ3n) is 5.30. The van der Waals surface area contributed by atoms with Crippen molar-refractivity contribution in [3.05, 3.63) is 34.3 Å². The van der Waals surface area contributed by atoms with Crippen molar-refractivity contribution in [1.29, 1.82) is 0 Å². The second-order valence-electron chi connectivity index (χ2n) is 7.16. The van der Waals surface area contributed by atoms with Gasteiger partial charge < -0.3 is 5.32 Å². The average molecular weight is 467 g/mol. The SMILES string of the molecule is O=S(=O)(Nc1ncc(F)s1)c1cc(Cl)c(NC[C@@H]2CCN3CC(F)CC23)cc1F. The molecule has 6 nitrogen and oxygen atoms in total. The Morgan fingerprint density at radius 2 is 2.14 bits per heavy atom. The number of benzene rings is 1. The van der Waals surface area contributed by atoms with Gasteiger partial charge in [0.25, 0.3) is 10.0 Å². The number of nitrogens with one attached hydrogen (secondary N) is 2. The highest BCUT2D eigenvalue weighted by molar-refractivity contribution is 7.93. The number of hydrogen-bond acceptors (Lipinski definition) is 6. The first-order valence-electron chi connectivity index (χ1n) is 8.98. The van der Waals surface area contributed by atoms with Crippen LogP contribution in [-0.2, 0) is 10.0 Å². The number of aromatic nitrogens is 1. The van der Waals surface area contributed by atoms with Crippen molar-refractivity contribution < 1.29 is 21.6 Å².